The Labute approximate surface area is 76.7 Å². The maximum Gasteiger partial charge on any atom is 0.469 e. The van der Waals surface area contributed by atoms with Gasteiger partial charge in [0, 0.05) is 6.54 Å². The van der Waals surface area contributed by atoms with Crippen molar-refractivity contribution < 1.29 is 23.6 Å². The molecule has 0 radical (unpaired) electrons. The van der Waals surface area contributed by atoms with E-state index in [1.165, 1.54) is 0 Å². The largest absolute Gasteiger partial charge is 0.469 e. The van der Waals surface area contributed by atoms with Crippen molar-refractivity contribution in [3.05, 3.63) is 0 Å². The molecule has 0 aliphatic carbocycles. The first-order chi connectivity index (χ1) is 5.90. The van der Waals surface area contributed by atoms with Crippen molar-refractivity contribution in [2.24, 2.45) is 0 Å². The highest BCUT2D eigenvalue weighted by Crippen LogP contribution is 2.35. The lowest BCUT2D eigenvalue weighted by atomic mass is 10.4. The van der Waals surface area contributed by atoms with Crippen LogP contribution in [0.15, 0.2) is 0 Å². The molecule has 2 unspecified atom stereocenters. The Morgan fingerprint density at radius 2 is 2.15 bits per heavy atom. The summed E-state index contributed by atoms with van der Waals surface area (Å²) in [7, 11) is -2.50. The number of hydrogen-bond donors (Lipinski definition) is 2. The zero-order valence-corrected chi connectivity index (χ0v) is 8.48. The van der Waals surface area contributed by atoms with E-state index in [1.54, 1.807) is 0 Å². The van der Waals surface area contributed by atoms with Crippen LogP contribution in [0.1, 0.15) is 6.92 Å². The fourth-order valence-electron chi connectivity index (χ4n) is 1.07. The second-order valence-electron chi connectivity index (χ2n) is 3.04. The number of nitrogens with zero attached hydrogens (tertiary/aromatic N) is 1. The van der Waals surface area contributed by atoms with Gasteiger partial charge in [-0.1, -0.05) is 0 Å². The molecule has 1 heterocycles. The fourth-order valence-corrected chi connectivity index (χ4v) is 1.39. The lowest BCUT2D eigenvalue weighted by molar-refractivity contribution is 0.146. The van der Waals surface area contributed by atoms with Gasteiger partial charge in [0.15, 0.2) is 0 Å². The summed E-state index contributed by atoms with van der Waals surface area (Å²) in [5, 5.41) is 0. The third kappa shape index (κ3) is 4.17. The van der Waals surface area contributed by atoms with E-state index in [1.807, 2.05) is 18.9 Å². The summed E-state index contributed by atoms with van der Waals surface area (Å²) in [6.45, 7) is 2.39. The molecule has 0 saturated carbocycles. The number of phosphoric ester groups is 1. The van der Waals surface area contributed by atoms with Gasteiger partial charge in [0.1, 0.15) is 6.23 Å². The van der Waals surface area contributed by atoms with Crippen molar-refractivity contribution >= 4 is 7.82 Å². The molecule has 0 bridgehead atoms. The van der Waals surface area contributed by atoms with Crippen molar-refractivity contribution in [2.45, 2.75) is 19.3 Å². The zero-order valence-electron chi connectivity index (χ0n) is 7.58. The molecule has 0 spiro atoms. The van der Waals surface area contributed by atoms with Gasteiger partial charge in [-0.05, 0) is 14.0 Å². The monoisotopic (exact) mass is 211 g/mol. The summed E-state index contributed by atoms with van der Waals surface area (Å²) in [6.07, 6.45) is 0.278. The molecule has 2 N–H and O–H groups in total. The molecular formula is C6H14NO5P. The van der Waals surface area contributed by atoms with Gasteiger partial charge in [0.05, 0.1) is 12.7 Å². The van der Waals surface area contributed by atoms with E-state index in [9.17, 15) is 4.57 Å². The Balaban J connectivity index is 2.09. The molecule has 78 valence electrons. The maximum atomic E-state index is 10.3. The lowest BCUT2D eigenvalue weighted by Gasteiger charge is -2.13. The molecule has 1 fully saturated rings. The minimum atomic E-state index is -4.31. The zero-order chi connectivity index (χ0) is 10.1. The number of rotatable bonds is 5. The van der Waals surface area contributed by atoms with E-state index in [2.05, 4.69) is 4.52 Å². The summed E-state index contributed by atoms with van der Waals surface area (Å²) in [4.78, 5) is 18.6. The molecule has 0 amide bonds. The van der Waals surface area contributed by atoms with E-state index in [4.69, 9.17) is 14.5 Å². The van der Waals surface area contributed by atoms with Crippen LogP contribution in [0.3, 0.4) is 0 Å². The minimum absolute atomic E-state index is 0.00730. The van der Waals surface area contributed by atoms with Gasteiger partial charge in [-0.15, -0.1) is 0 Å². The first kappa shape index (κ1) is 11.1. The lowest BCUT2D eigenvalue weighted by Crippen LogP contribution is -2.26. The molecule has 1 aliphatic rings. The predicted molar refractivity (Wildman–Crippen MR) is 45.0 cm³/mol. The van der Waals surface area contributed by atoms with Crippen molar-refractivity contribution in [1.29, 1.82) is 0 Å². The predicted octanol–water partition coefficient (Wildman–Crippen LogP) is -0.228. The number of phosphoric acid groups is 1. The molecule has 2 atom stereocenters. The third-order valence-electron chi connectivity index (χ3n) is 1.82. The fraction of sp³-hybridized carbons (Fsp3) is 1.00. The Morgan fingerprint density at radius 3 is 2.54 bits per heavy atom. The SMILES string of the molecule is CC1OC1N(C)CCOP(=O)(O)O. The van der Waals surface area contributed by atoms with E-state index >= 15 is 0 Å². The average molecular weight is 211 g/mol. The summed E-state index contributed by atoms with van der Waals surface area (Å²) < 4.78 is 19.7. The second-order valence-corrected chi connectivity index (χ2v) is 4.28. The van der Waals surface area contributed by atoms with Gasteiger partial charge >= 0.3 is 7.82 Å². The highest BCUT2D eigenvalue weighted by molar-refractivity contribution is 7.46. The molecular weight excluding hydrogens is 197 g/mol. The Morgan fingerprint density at radius 1 is 1.62 bits per heavy atom. The van der Waals surface area contributed by atoms with Crippen LogP contribution in [0, 0.1) is 0 Å². The van der Waals surface area contributed by atoms with Crippen LogP contribution in [0.2, 0.25) is 0 Å². The number of epoxide rings is 1. The molecule has 0 aromatic rings. The van der Waals surface area contributed by atoms with E-state index in [-0.39, 0.29) is 18.9 Å². The smallest absolute Gasteiger partial charge is 0.353 e. The average Bonchev–Trinajstić information content (AvgIpc) is 2.63. The molecule has 1 rings (SSSR count). The minimum Gasteiger partial charge on any atom is -0.353 e. The quantitative estimate of drug-likeness (QED) is 0.483. The summed E-state index contributed by atoms with van der Waals surface area (Å²) in [5.41, 5.74) is 0. The van der Waals surface area contributed by atoms with Gasteiger partial charge in [-0.25, -0.2) is 4.57 Å². The number of likely N-dealkylation sites (N-methyl/N-ethyl adjacent to an activating group) is 1. The van der Waals surface area contributed by atoms with Crippen LogP contribution in [0.5, 0.6) is 0 Å². The maximum absolute atomic E-state index is 10.3. The van der Waals surface area contributed by atoms with Crippen LogP contribution in [0.25, 0.3) is 0 Å². The topological polar surface area (TPSA) is 82.5 Å². The number of ether oxygens (including phenoxy) is 1. The van der Waals surface area contributed by atoms with Gasteiger partial charge < -0.3 is 14.5 Å². The Kier molecular flexibility index (Phi) is 3.45. The van der Waals surface area contributed by atoms with Crippen molar-refractivity contribution in [1.82, 2.24) is 4.90 Å². The van der Waals surface area contributed by atoms with Gasteiger partial charge in [-0.2, -0.15) is 0 Å². The highest BCUT2D eigenvalue weighted by Gasteiger charge is 2.37. The molecule has 7 heteroatoms. The van der Waals surface area contributed by atoms with Crippen molar-refractivity contribution in [2.75, 3.05) is 20.2 Å². The first-order valence-corrected chi connectivity index (χ1v) is 5.49. The van der Waals surface area contributed by atoms with Gasteiger partial charge in [0.2, 0.25) is 0 Å². The molecule has 1 saturated heterocycles. The summed E-state index contributed by atoms with van der Waals surface area (Å²) >= 11 is 0. The van der Waals surface area contributed by atoms with Crippen molar-refractivity contribution in [3.8, 4) is 0 Å². The molecule has 13 heavy (non-hydrogen) atoms. The normalized spacial score (nSPS) is 28.1. The van der Waals surface area contributed by atoms with Crippen LogP contribution < -0.4 is 0 Å². The van der Waals surface area contributed by atoms with Crippen LogP contribution in [-0.4, -0.2) is 47.2 Å². The third-order valence-corrected chi connectivity index (χ3v) is 2.34. The van der Waals surface area contributed by atoms with Gasteiger partial charge in [0.25, 0.3) is 0 Å². The standard InChI is InChI=1S/C6H14NO5P/c1-5-6(12-5)7(2)3-4-11-13(8,9)10/h5-6H,3-4H2,1-2H3,(H2,8,9,10). The first-order valence-electron chi connectivity index (χ1n) is 3.96. The molecule has 0 aromatic heterocycles. The second kappa shape index (κ2) is 4.04. The molecule has 6 nitrogen and oxygen atoms in total. The van der Waals surface area contributed by atoms with Gasteiger partial charge in [-0.3, -0.25) is 9.42 Å². The summed E-state index contributed by atoms with van der Waals surface area (Å²) in [5.74, 6) is 0. The van der Waals surface area contributed by atoms with E-state index in [0.717, 1.165) is 0 Å². The van der Waals surface area contributed by atoms with E-state index < -0.39 is 7.82 Å². The molecule has 1 aliphatic heterocycles. The van der Waals surface area contributed by atoms with Crippen molar-refractivity contribution in [3.63, 3.8) is 0 Å². The van der Waals surface area contributed by atoms with Crippen LogP contribution in [0.4, 0.5) is 0 Å². The van der Waals surface area contributed by atoms with Crippen LogP contribution in [-0.2, 0) is 13.8 Å². The Hall–Kier alpha value is 0.0300. The van der Waals surface area contributed by atoms with Crippen LogP contribution >= 0.6 is 7.82 Å². The molecule has 0 aromatic carbocycles. The Bertz CT molecular complexity index is 217. The van der Waals surface area contributed by atoms with E-state index in [0.29, 0.717) is 6.54 Å². The number of hydrogen-bond acceptors (Lipinski definition) is 4. The highest BCUT2D eigenvalue weighted by atomic mass is 31.2. The summed E-state index contributed by atoms with van der Waals surface area (Å²) in [6, 6.07) is 0.